The Morgan fingerprint density at radius 3 is 2.44 bits per heavy atom. The Balaban J connectivity index is 2.85. The van der Waals surface area contributed by atoms with Crippen LogP contribution in [0, 0.1) is 6.92 Å². The van der Waals surface area contributed by atoms with E-state index < -0.39 is 5.60 Å². The largest absolute Gasteiger partial charge is 0.490 e. The van der Waals surface area contributed by atoms with E-state index in [1.807, 2.05) is 45.9 Å². The minimum Gasteiger partial charge on any atom is -0.490 e. The molecule has 0 saturated heterocycles. The zero-order chi connectivity index (χ0) is 13.8. The Bertz CT molecular complexity index is 384. The Hall–Kier alpha value is -1.06. The van der Waals surface area contributed by atoms with E-state index in [1.54, 1.807) is 0 Å². The van der Waals surface area contributed by atoms with Crippen molar-refractivity contribution >= 4 is 0 Å². The SMILES string of the molecule is CCC(O)(CC)COc1ccc(C)cc1[C@H](C)N. The van der Waals surface area contributed by atoms with Gasteiger partial charge in [0.15, 0.2) is 0 Å². The second-order valence-electron chi connectivity index (χ2n) is 5.05. The molecule has 0 spiro atoms. The average molecular weight is 251 g/mol. The summed E-state index contributed by atoms with van der Waals surface area (Å²) in [6.07, 6.45) is 1.37. The minimum absolute atomic E-state index is 0.0729. The fraction of sp³-hybridized carbons (Fsp3) is 0.600. The van der Waals surface area contributed by atoms with Crippen molar-refractivity contribution in [1.82, 2.24) is 0 Å². The van der Waals surface area contributed by atoms with Crippen molar-refractivity contribution in [3.63, 3.8) is 0 Å². The number of ether oxygens (including phenoxy) is 1. The Morgan fingerprint density at radius 2 is 1.94 bits per heavy atom. The molecule has 0 aliphatic carbocycles. The van der Waals surface area contributed by atoms with Crippen LogP contribution in [0.15, 0.2) is 18.2 Å². The summed E-state index contributed by atoms with van der Waals surface area (Å²) in [4.78, 5) is 0. The maximum atomic E-state index is 10.2. The first-order valence-corrected chi connectivity index (χ1v) is 6.63. The van der Waals surface area contributed by atoms with Gasteiger partial charge in [0.25, 0.3) is 0 Å². The highest BCUT2D eigenvalue weighted by Crippen LogP contribution is 2.26. The lowest BCUT2D eigenvalue weighted by Crippen LogP contribution is -2.34. The van der Waals surface area contributed by atoms with Crippen molar-refractivity contribution in [2.24, 2.45) is 5.73 Å². The van der Waals surface area contributed by atoms with Gasteiger partial charge in [-0.1, -0.05) is 31.5 Å². The molecule has 1 aromatic rings. The molecule has 0 saturated carbocycles. The summed E-state index contributed by atoms with van der Waals surface area (Å²) in [6, 6.07) is 5.89. The quantitative estimate of drug-likeness (QED) is 0.817. The minimum atomic E-state index is -0.750. The van der Waals surface area contributed by atoms with Crippen LogP contribution in [-0.2, 0) is 0 Å². The van der Waals surface area contributed by atoms with E-state index >= 15 is 0 Å². The monoisotopic (exact) mass is 251 g/mol. The summed E-state index contributed by atoms with van der Waals surface area (Å²) in [6.45, 7) is 8.21. The highest BCUT2D eigenvalue weighted by molar-refractivity contribution is 5.38. The molecule has 0 aliphatic rings. The van der Waals surface area contributed by atoms with Gasteiger partial charge in [-0.3, -0.25) is 0 Å². The van der Waals surface area contributed by atoms with Gasteiger partial charge in [0.2, 0.25) is 0 Å². The van der Waals surface area contributed by atoms with Crippen LogP contribution < -0.4 is 10.5 Å². The number of aliphatic hydroxyl groups is 1. The molecule has 3 heteroatoms. The third-order valence-corrected chi connectivity index (χ3v) is 3.47. The predicted molar refractivity (Wildman–Crippen MR) is 74.8 cm³/mol. The molecular weight excluding hydrogens is 226 g/mol. The van der Waals surface area contributed by atoms with E-state index in [2.05, 4.69) is 0 Å². The Kier molecular flexibility index (Phi) is 5.17. The fourth-order valence-corrected chi connectivity index (χ4v) is 1.82. The van der Waals surface area contributed by atoms with Crippen molar-refractivity contribution in [1.29, 1.82) is 0 Å². The first kappa shape index (κ1) is 15.0. The average Bonchev–Trinajstić information content (AvgIpc) is 2.36. The molecule has 0 radical (unpaired) electrons. The van der Waals surface area contributed by atoms with E-state index in [-0.39, 0.29) is 6.04 Å². The van der Waals surface area contributed by atoms with Crippen LogP contribution in [0.1, 0.15) is 50.8 Å². The number of rotatable bonds is 6. The van der Waals surface area contributed by atoms with Crippen LogP contribution in [0.4, 0.5) is 0 Å². The summed E-state index contributed by atoms with van der Waals surface area (Å²) in [5.41, 5.74) is 7.35. The third-order valence-electron chi connectivity index (χ3n) is 3.47. The van der Waals surface area contributed by atoms with Crippen LogP contribution in [0.5, 0.6) is 5.75 Å². The summed E-state index contributed by atoms with van der Waals surface area (Å²) < 4.78 is 5.77. The highest BCUT2D eigenvalue weighted by atomic mass is 16.5. The van der Waals surface area contributed by atoms with Crippen LogP contribution in [0.2, 0.25) is 0 Å². The molecule has 0 aromatic heterocycles. The van der Waals surface area contributed by atoms with E-state index in [1.165, 1.54) is 0 Å². The van der Waals surface area contributed by atoms with Gasteiger partial charge >= 0.3 is 0 Å². The molecule has 3 N–H and O–H groups in total. The lowest BCUT2D eigenvalue weighted by Gasteiger charge is -2.26. The molecule has 1 rings (SSSR count). The van der Waals surface area contributed by atoms with E-state index in [4.69, 9.17) is 10.5 Å². The Labute approximate surface area is 110 Å². The lowest BCUT2D eigenvalue weighted by atomic mass is 9.99. The topological polar surface area (TPSA) is 55.5 Å². The molecule has 18 heavy (non-hydrogen) atoms. The molecule has 0 amide bonds. The van der Waals surface area contributed by atoms with Crippen LogP contribution in [0.25, 0.3) is 0 Å². The zero-order valence-electron chi connectivity index (χ0n) is 11.9. The molecule has 1 aromatic carbocycles. The lowest BCUT2D eigenvalue weighted by molar-refractivity contribution is -0.0116. The van der Waals surface area contributed by atoms with Crippen molar-refractivity contribution in [2.75, 3.05) is 6.61 Å². The maximum Gasteiger partial charge on any atom is 0.124 e. The van der Waals surface area contributed by atoms with E-state index in [9.17, 15) is 5.11 Å². The van der Waals surface area contributed by atoms with Gasteiger partial charge in [-0.15, -0.1) is 0 Å². The van der Waals surface area contributed by atoms with Crippen molar-refractivity contribution in [3.8, 4) is 5.75 Å². The highest BCUT2D eigenvalue weighted by Gasteiger charge is 2.23. The number of aryl methyl sites for hydroxylation is 1. The Morgan fingerprint density at radius 1 is 1.33 bits per heavy atom. The van der Waals surface area contributed by atoms with Crippen LogP contribution in [0.3, 0.4) is 0 Å². The van der Waals surface area contributed by atoms with Gasteiger partial charge in [0.05, 0.1) is 5.60 Å². The van der Waals surface area contributed by atoms with Crippen LogP contribution >= 0.6 is 0 Å². The van der Waals surface area contributed by atoms with Gasteiger partial charge < -0.3 is 15.6 Å². The summed E-state index contributed by atoms with van der Waals surface area (Å²) in [5.74, 6) is 0.774. The molecule has 3 nitrogen and oxygen atoms in total. The third kappa shape index (κ3) is 3.72. The van der Waals surface area contributed by atoms with Crippen molar-refractivity contribution in [3.05, 3.63) is 29.3 Å². The van der Waals surface area contributed by atoms with Gasteiger partial charge in [-0.05, 0) is 32.8 Å². The van der Waals surface area contributed by atoms with Gasteiger partial charge in [-0.25, -0.2) is 0 Å². The summed E-state index contributed by atoms with van der Waals surface area (Å²) >= 11 is 0. The second kappa shape index (κ2) is 6.21. The number of hydrogen-bond acceptors (Lipinski definition) is 3. The first-order valence-electron chi connectivity index (χ1n) is 6.63. The van der Waals surface area contributed by atoms with Crippen molar-refractivity contribution in [2.45, 2.75) is 52.2 Å². The fourth-order valence-electron chi connectivity index (χ4n) is 1.82. The standard InChI is InChI=1S/C15H25NO2/c1-5-15(17,6-2)10-18-14-8-7-11(3)9-13(14)12(4)16/h7-9,12,17H,5-6,10,16H2,1-4H3/t12-/m0/s1. The first-order chi connectivity index (χ1) is 8.41. The number of hydrogen-bond donors (Lipinski definition) is 2. The molecule has 0 bridgehead atoms. The second-order valence-corrected chi connectivity index (χ2v) is 5.05. The maximum absolute atomic E-state index is 10.2. The molecule has 102 valence electrons. The van der Waals surface area contributed by atoms with Gasteiger partial charge in [0, 0.05) is 11.6 Å². The number of nitrogens with two attached hydrogens (primary N) is 1. The summed E-state index contributed by atoms with van der Waals surface area (Å²) in [7, 11) is 0. The van der Waals surface area contributed by atoms with E-state index in [0.717, 1.165) is 16.9 Å². The molecule has 0 aliphatic heterocycles. The van der Waals surface area contributed by atoms with E-state index in [0.29, 0.717) is 19.4 Å². The predicted octanol–water partition coefficient (Wildman–Crippen LogP) is 2.94. The molecule has 1 atom stereocenters. The van der Waals surface area contributed by atoms with Crippen LogP contribution in [-0.4, -0.2) is 17.3 Å². The molecular formula is C15H25NO2. The smallest absolute Gasteiger partial charge is 0.124 e. The zero-order valence-corrected chi connectivity index (χ0v) is 11.9. The molecule has 0 fully saturated rings. The van der Waals surface area contributed by atoms with Crippen molar-refractivity contribution < 1.29 is 9.84 Å². The molecule has 0 unspecified atom stereocenters. The summed E-state index contributed by atoms with van der Waals surface area (Å²) in [5, 5.41) is 10.2. The normalized spacial score (nSPS) is 13.4. The number of benzene rings is 1. The van der Waals surface area contributed by atoms with Gasteiger partial charge in [0.1, 0.15) is 12.4 Å². The van der Waals surface area contributed by atoms with Gasteiger partial charge in [-0.2, -0.15) is 0 Å². The molecule has 0 heterocycles.